The molecule has 1 fully saturated rings. The van der Waals surface area contributed by atoms with Crippen molar-refractivity contribution in [3.63, 3.8) is 0 Å². The van der Waals surface area contributed by atoms with E-state index in [0.29, 0.717) is 0 Å². The summed E-state index contributed by atoms with van der Waals surface area (Å²) in [5.74, 6) is -0.540. The average Bonchev–Trinajstić information content (AvgIpc) is 2.92. The minimum absolute atomic E-state index is 0.0117. The zero-order valence-corrected chi connectivity index (χ0v) is 17.2. The lowest BCUT2D eigenvalue weighted by Crippen LogP contribution is -2.50. The number of hydrogen-bond acceptors (Lipinski definition) is 5. The van der Waals surface area contributed by atoms with E-state index in [4.69, 9.17) is 4.74 Å². The number of benzene rings is 1. The topological polar surface area (TPSA) is 102 Å². The number of nitrogens with one attached hydrogen (secondary N) is 2. The molecule has 0 aromatic heterocycles. The van der Waals surface area contributed by atoms with Crippen LogP contribution >= 0.6 is 0 Å². The number of carbonyl (C=O) groups is 2. The third-order valence-electron chi connectivity index (χ3n) is 4.80. The van der Waals surface area contributed by atoms with E-state index in [0.717, 1.165) is 50.3 Å². The van der Waals surface area contributed by atoms with Gasteiger partial charge in [-0.2, -0.15) is 0 Å². The van der Waals surface area contributed by atoms with Crippen LogP contribution in [0, 0.1) is 0 Å². The smallest absolute Gasteiger partial charge is 0.408 e. The predicted molar refractivity (Wildman–Crippen MR) is 108 cm³/mol. The molecule has 0 bridgehead atoms. The maximum atomic E-state index is 12.7. The minimum atomic E-state index is -3.25. The fourth-order valence-corrected chi connectivity index (χ4v) is 3.90. The summed E-state index contributed by atoms with van der Waals surface area (Å²) in [6.45, 7) is 0.0791. The Morgan fingerprint density at radius 2 is 1.75 bits per heavy atom. The highest BCUT2D eigenvalue weighted by molar-refractivity contribution is 7.90. The number of ether oxygens (including phenoxy) is 1. The third kappa shape index (κ3) is 8.73. The maximum Gasteiger partial charge on any atom is 0.408 e. The monoisotopic (exact) mass is 410 g/mol. The van der Waals surface area contributed by atoms with Crippen LogP contribution in [0.1, 0.15) is 50.5 Å². The second kappa shape index (κ2) is 11.0. The van der Waals surface area contributed by atoms with Crippen molar-refractivity contribution in [2.24, 2.45) is 0 Å². The zero-order valence-electron chi connectivity index (χ0n) is 16.4. The van der Waals surface area contributed by atoms with Crippen LogP contribution in [0.4, 0.5) is 4.79 Å². The average molecular weight is 411 g/mol. The van der Waals surface area contributed by atoms with Gasteiger partial charge >= 0.3 is 6.09 Å². The molecule has 1 aromatic carbocycles. The summed E-state index contributed by atoms with van der Waals surface area (Å²) in [6, 6.07) is 8.32. The van der Waals surface area contributed by atoms with Crippen LogP contribution in [-0.4, -0.2) is 44.5 Å². The van der Waals surface area contributed by atoms with Gasteiger partial charge in [0.2, 0.25) is 5.91 Å². The van der Waals surface area contributed by atoms with E-state index < -0.39 is 22.0 Å². The number of rotatable bonds is 8. The van der Waals surface area contributed by atoms with Crippen LogP contribution in [0.2, 0.25) is 0 Å². The van der Waals surface area contributed by atoms with Crippen LogP contribution in [0.3, 0.4) is 0 Å². The molecule has 2 rings (SSSR count). The second-order valence-corrected chi connectivity index (χ2v) is 9.63. The van der Waals surface area contributed by atoms with Crippen LogP contribution in [0.5, 0.6) is 0 Å². The van der Waals surface area contributed by atoms with Gasteiger partial charge in [0.15, 0.2) is 0 Å². The van der Waals surface area contributed by atoms with E-state index in [9.17, 15) is 18.0 Å². The van der Waals surface area contributed by atoms with Crippen LogP contribution < -0.4 is 10.6 Å². The Bertz CT molecular complexity index is 728. The fourth-order valence-electron chi connectivity index (χ4n) is 3.23. The van der Waals surface area contributed by atoms with Crippen molar-refractivity contribution < 1.29 is 22.7 Å². The van der Waals surface area contributed by atoms with E-state index in [1.807, 2.05) is 30.3 Å². The molecule has 1 saturated carbocycles. The van der Waals surface area contributed by atoms with Crippen molar-refractivity contribution in [1.82, 2.24) is 10.6 Å². The highest BCUT2D eigenvalue weighted by Gasteiger charge is 2.25. The summed E-state index contributed by atoms with van der Waals surface area (Å²) >= 11 is 0. The molecule has 2 amide bonds. The largest absolute Gasteiger partial charge is 0.445 e. The molecule has 1 unspecified atom stereocenters. The molecule has 0 aliphatic heterocycles. The first-order valence-electron chi connectivity index (χ1n) is 9.79. The molecule has 1 atom stereocenters. The van der Waals surface area contributed by atoms with Gasteiger partial charge < -0.3 is 15.4 Å². The van der Waals surface area contributed by atoms with Gasteiger partial charge in [0, 0.05) is 12.3 Å². The van der Waals surface area contributed by atoms with Crippen LogP contribution in [0.15, 0.2) is 30.3 Å². The Kier molecular flexibility index (Phi) is 8.76. The lowest BCUT2D eigenvalue weighted by Gasteiger charge is -2.22. The first-order valence-corrected chi connectivity index (χ1v) is 11.8. The van der Waals surface area contributed by atoms with Gasteiger partial charge in [-0.05, 0) is 24.8 Å². The molecule has 7 nitrogen and oxygen atoms in total. The molecule has 1 aliphatic rings. The molecule has 1 aliphatic carbocycles. The maximum absolute atomic E-state index is 12.7. The molecular formula is C20H30N2O5S. The van der Waals surface area contributed by atoms with Gasteiger partial charge in [0.1, 0.15) is 22.5 Å². The summed E-state index contributed by atoms with van der Waals surface area (Å²) in [4.78, 5) is 24.8. The molecule has 0 spiro atoms. The lowest BCUT2D eigenvalue weighted by atomic mass is 10.1. The highest BCUT2D eigenvalue weighted by Crippen LogP contribution is 2.17. The van der Waals surface area contributed by atoms with Crippen molar-refractivity contribution in [3.05, 3.63) is 35.9 Å². The van der Waals surface area contributed by atoms with Gasteiger partial charge in [0.25, 0.3) is 0 Å². The summed E-state index contributed by atoms with van der Waals surface area (Å²) in [5.41, 5.74) is 0.827. The van der Waals surface area contributed by atoms with Crippen molar-refractivity contribution in [2.45, 2.75) is 63.6 Å². The summed E-state index contributed by atoms with van der Waals surface area (Å²) in [7, 11) is -3.25. The Hall–Kier alpha value is -2.09. The predicted octanol–water partition coefficient (Wildman–Crippen LogP) is 2.56. The van der Waals surface area contributed by atoms with Crippen molar-refractivity contribution in [3.8, 4) is 0 Å². The van der Waals surface area contributed by atoms with Crippen molar-refractivity contribution in [1.29, 1.82) is 0 Å². The molecular weight excluding hydrogens is 380 g/mol. The van der Waals surface area contributed by atoms with E-state index >= 15 is 0 Å². The highest BCUT2D eigenvalue weighted by atomic mass is 32.2. The molecule has 2 N–H and O–H groups in total. The Morgan fingerprint density at radius 3 is 2.36 bits per heavy atom. The first-order chi connectivity index (χ1) is 13.3. The van der Waals surface area contributed by atoms with Crippen molar-refractivity contribution >= 4 is 21.8 Å². The normalized spacial score (nSPS) is 16.6. The number of carbonyl (C=O) groups excluding carboxylic acids is 2. The van der Waals surface area contributed by atoms with Gasteiger partial charge in [-0.3, -0.25) is 4.79 Å². The van der Waals surface area contributed by atoms with Crippen LogP contribution in [0.25, 0.3) is 0 Å². The van der Waals surface area contributed by atoms with Crippen molar-refractivity contribution in [2.75, 3.05) is 12.0 Å². The van der Waals surface area contributed by atoms with E-state index in [-0.39, 0.29) is 30.7 Å². The molecule has 0 radical (unpaired) electrons. The molecule has 0 heterocycles. The number of amides is 2. The summed E-state index contributed by atoms with van der Waals surface area (Å²) in [6.07, 6.45) is 6.64. The molecule has 28 heavy (non-hydrogen) atoms. The lowest BCUT2D eigenvalue weighted by molar-refractivity contribution is -0.123. The number of sulfone groups is 1. The molecule has 0 saturated heterocycles. The van der Waals surface area contributed by atoms with Gasteiger partial charge in [-0.15, -0.1) is 0 Å². The first kappa shape index (κ1) is 22.2. The summed E-state index contributed by atoms with van der Waals surface area (Å²) in [5, 5.41) is 5.50. The summed E-state index contributed by atoms with van der Waals surface area (Å²) < 4.78 is 28.2. The van der Waals surface area contributed by atoms with Gasteiger partial charge in [0.05, 0.1) is 5.75 Å². The van der Waals surface area contributed by atoms with E-state index in [1.54, 1.807) is 0 Å². The Labute approximate surface area is 167 Å². The third-order valence-corrected chi connectivity index (χ3v) is 5.78. The Balaban J connectivity index is 1.92. The number of alkyl carbamates (subject to hydrolysis) is 1. The number of hydrogen-bond donors (Lipinski definition) is 2. The quantitative estimate of drug-likeness (QED) is 0.642. The van der Waals surface area contributed by atoms with Gasteiger partial charge in [-0.25, -0.2) is 13.2 Å². The standard InChI is InChI=1S/C20H30N2O5S/c1-28(25,26)14-13-18(19(23)21-17-11-7-2-3-8-12-17)22-20(24)27-15-16-9-5-4-6-10-16/h4-6,9-10,17-18H,2-3,7-8,11-15H2,1H3,(H,21,23)(H,22,24). The minimum Gasteiger partial charge on any atom is -0.445 e. The van der Waals surface area contributed by atoms with Crippen LogP contribution in [-0.2, 0) is 26.0 Å². The van der Waals surface area contributed by atoms with Gasteiger partial charge in [-0.1, -0.05) is 56.0 Å². The molecule has 156 valence electrons. The van der Waals surface area contributed by atoms with E-state index in [2.05, 4.69) is 10.6 Å². The van der Waals surface area contributed by atoms with E-state index in [1.165, 1.54) is 0 Å². The molecule has 1 aromatic rings. The SMILES string of the molecule is CS(=O)(=O)CCC(NC(=O)OCc1ccccc1)C(=O)NC1CCCCCC1. The zero-order chi connectivity index (χ0) is 20.4. The second-order valence-electron chi connectivity index (χ2n) is 7.37. The fraction of sp³-hybridized carbons (Fsp3) is 0.600. The Morgan fingerprint density at radius 1 is 1.11 bits per heavy atom. The molecule has 8 heteroatoms.